The largest absolute Gasteiger partial charge is 0.419 e. The SMILES string of the molecule is O=C(Cc1ccccc1)N1CCN(c2ncc(C(F)(F)F)cn2)CC1. The first kappa shape index (κ1) is 17.2. The predicted octanol–water partition coefficient (Wildman–Crippen LogP) is 2.39. The van der Waals surface area contributed by atoms with Gasteiger partial charge in [0, 0.05) is 38.6 Å². The second kappa shape index (κ2) is 7.08. The van der Waals surface area contributed by atoms with Crippen LogP contribution in [0.1, 0.15) is 11.1 Å². The van der Waals surface area contributed by atoms with Crippen molar-refractivity contribution in [1.29, 1.82) is 0 Å². The average Bonchev–Trinajstić information content (AvgIpc) is 2.62. The van der Waals surface area contributed by atoms with Gasteiger partial charge < -0.3 is 9.80 Å². The molecule has 3 rings (SSSR count). The molecule has 1 aromatic carbocycles. The first-order valence-corrected chi connectivity index (χ1v) is 7.89. The lowest BCUT2D eigenvalue weighted by molar-refractivity contribution is -0.138. The van der Waals surface area contributed by atoms with Crippen LogP contribution < -0.4 is 4.90 Å². The van der Waals surface area contributed by atoms with Gasteiger partial charge in [-0.25, -0.2) is 9.97 Å². The van der Waals surface area contributed by atoms with Gasteiger partial charge in [-0.05, 0) is 5.56 Å². The molecular formula is C17H17F3N4O. The van der Waals surface area contributed by atoms with E-state index in [4.69, 9.17) is 0 Å². The molecule has 0 spiro atoms. The maximum Gasteiger partial charge on any atom is 0.419 e. The smallest absolute Gasteiger partial charge is 0.339 e. The molecule has 2 aromatic rings. The lowest BCUT2D eigenvalue weighted by Crippen LogP contribution is -2.49. The molecule has 1 saturated heterocycles. The average molecular weight is 350 g/mol. The number of hydrogen-bond donors (Lipinski definition) is 0. The van der Waals surface area contributed by atoms with E-state index in [1.165, 1.54) is 0 Å². The molecule has 1 aliphatic rings. The lowest BCUT2D eigenvalue weighted by Gasteiger charge is -2.34. The summed E-state index contributed by atoms with van der Waals surface area (Å²) in [6.07, 6.45) is -2.52. The molecular weight excluding hydrogens is 333 g/mol. The van der Waals surface area contributed by atoms with E-state index >= 15 is 0 Å². The van der Waals surface area contributed by atoms with Crippen LogP contribution in [-0.4, -0.2) is 47.0 Å². The number of rotatable bonds is 3. The molecule has 1 fully saturated rings. The summed E-state index contributed by atoms with van der Waals surface area (Å²) < 4.78 is 37.6. The number of halogens is 3. The summed E-state index contributed by atoms with van der Waals surface area (Å²) in [4.78, 5) is 23.5. The maximum atomic E-state index is 12.5. The number of hydrogen-bond acceptors (Lipinski definition) is 4. The second-order valence-corrected chi connectivity index (χ2v) is 5.80. The molecule has 1 amide bonds. The van der Waals surface area contributed by atoms with Crippen LogP contribution in [0, 0.1) is 0 Å². The van der Waals surface area contributed by atoms with Crippen LogP contribution in [0.2, 0.25) is 0 Å². The van der Waals surface area contributed by atoms with E-state index in [0.717, 1.165) is 18.0 Å². The molecule has 0 bridgehead atoms. The second-order valence-electron chi connectivity index (χ2n) is 5.80. The van der Waals surface area contributed by atoms with Crippen LogP contribution in [0.15, 0.2) is 42.7 Å². The molecule has 0 radical (unpaired) electrons. The van der Waals surface area contributed by atoms with Crippen molar-refractivity contribution in [2.75, 3.05) is 31.1 Å². The Morgan fingerprint density at radius 2 is 1.60 bits per heavy atom. The van der Waals surface area contributed by atoms with Crippen LogP contribution >= 0.6 is 0 Å². The van der Waals surface area contributed by atoms with Crippen molar-refractivity contribution >= 4 is 11.9 Å². The number of carbonyl (C=O) groups is 1. The van der Waals surface area contributed by atoms with Crippen molar-refractivity contribution in [3.8, 4) is 0 Å². The van der Waals surface area contributed by atoms with Gasteiger partial charge in [0.15, 0.2) is 0 Å². The van der Waals surface area contributed by atoms with E-state index < -0.39 is 11.7 Å². The lowest BCUT2D eigenvalue weighted by atomic mass is 10.1. The van der Waals surface area contributed by atoms with Gasteiger partial charge in [-0.3, -0.25) is 4.79 Å². The molecule has 2 heterocycles. The molecule has 25 heavy (non-hydrogen) atoms. The summed E-state index contributed by atoms with van der Waals surface area (Å²) in [5.41, 5.74) is 0.0916. The van der Waals surface area contributed by atoms with E-state index in [2.05, 4.69) is 9.97 Å². The third kappa shape index (κ3) is 4.26. The van der Waals surface area contributed by atoms with Gasteiger partial charge in [0.05, 0.1) is 12.0 Å². The zero-order valence-corrected chi connectivity index (χ0v) is 13.4. The third-order valence-electron chi connectivity index (χ3n) is 4.08. The number of benzene rings is 1. The van der Waals surface area contributed by atoms with Crippen molar-refractivity contribution in [1.82, 2.24) is 14.9 Å². The van der Waals surface area contributed by atoms with Crippen molar-refractivity contribution in [3.05, 3.63) is 53.9 Å². The molecule has 0 unspecified atom stereocenters. The molecule has 8 heteroatoms. The molecule has 0 N–H and O–H groups in total. The molecule has 0 saturated carbocycles. The van der Waals surface area contributed by atoms with E-state index in [-0.39, 0.29) is 11.9 Å². The van der Waals surface area contributed by atoms with E-state index in [0.29, 0.717) is 32.6 Å². The Morgan fingerprint density at radius 3 is 2.16 bits per heavy atom. The Kier molecular flexibility index (Phi) is 4.87. The molecule has 1 aromatic heterocycles. The molecule has 132 valence electrons. The summed E-state index contributed by atoms with van der Waals surface area (Å²) in [6, 6.07) is 9.50. The number of nitrogens with zero attached hydrogens (tertiary/aromatic N) is 4. The highest BCUT2D eigenvalue weighted by Gasteiger charge is 2.32. The monoisotopic (exact) mass is 350 g/mol. The van der Waals surface area contributed by atoms with Crippen LogP contribution in [0.3, 0.4) is 0 Å². The minimum absolute atomic E-state index is 0.0409. The zero-order valence-electron chi connectivity index (χ0n) is 13.4. The Bertz CT molecular complexity index is 711. The summed E-state index contributed by atoms with van der Waals surface area (Å²) in [7, 11) is 0. The fourth-order valence-corrected chi connectivity index (χ4v) is 2.67. The van der Waals surface area contributed by atoms with Crippen LogP contribution in [0.5, 0.6) is 0 Å². The first-order chi connectivity index (χ1) is 11.9. The van der Waals surface area contributed by atoms with Crippen LogP contribution in [-0.2, 0) is 17.4 Å². The molecule has 0 aliphatic carbocycles. The van der Waals surface area contributed by atoms with Gasteiger partial charge in [-0.15, -0.1) is 0 Å². The standard InChI is InChI=1S/C17H17F3N4O/c18-17(19,20)14-11-21-16(22-12-14)24-8-6-23(7-9-24)15(25)10-13-4-2-1-3-5-13/h1-5,11-12H,6-10H2. The highest BCUT2D eigenvalue weighted by molar-refractivity contribution is 5.79. The van der Waals surface area contributed by atoms with E-state index in [1.54, 1.807) is 9.80 Å². The Hall–Kier alpha value is -2.64. The van der Waals surface area contributed by atoms with Crippen molar-refractivity contribution in [3.63, 3.8) is 0 Å². The number of anilines is 1. The fraction of sp³-hybridized carbons (Fsp3) is 0.353. The predicted molar refractivity (Wildman–Crippen MR) is 86.0 cm³/mol. The van der Waals surface area contributed by atoms with Crippen molar-refractivity contribution in [2.45, 2.75) is 12.6 Å². The molecule has 0 atom stereocenters. The number of piperazine rings is 1. The highest BCUT2D eigenvalue weighted by atomic mass is 19.4. The quantitative estimate of drug-likeness (QED) is 0.853. The summed E-state index contributed by atoms with van der Waals surface area (Å²) in [5, 5.41) is 0. The third-order valence-corrected chi connectivity index (χ3v) is 4.08. The number of alkyl halides is 3. The zero-order chi connectivity index (χ0) is 17.9. The highest BCUT2D eigenvalue weighted by Crippen LogP contribution is 2.28. The minimum atomic E-state index is -4.44. The van der Waals surface area contributed by atoms with Gasteiger partial charge in [-0.2, -0.15) is 13.2 Å². The van der Waals surface area contributed by atoms with Gasteiger partial charge >= 0.3 is 6.18 Å². The molecule has 5 nitrogen and oxygen atoms in total. The maximum absolute atomic E-state index is 12.5. The summed E-state index contributed by atoms with van der Waals surface area (Å²) in [6.45, 7) is 1.98. The van der Waals surface area contributed by atoms with Crippen LogP contribution in [0.25, 0.3) is 0 Å². The van der Waals surface area contributed by atoms with Gasteiger partial charge in [0.1, 0.15) is 0 Å². The number of aromatic nitrogens is 2. The molecule has 1 aliphatic heterocycles. The Balaban J connectivity index is 1.55. The fourth-order valence-electron chi connectivity index (χ4n) is 2.67. The van der Waals surface area contributed by atoms with Gasteiger partial charge in [0.25, 0.3) is 0 Å². The van der Waals surface area contributed by atoms with E-state index in [9.17, 15) is 18.0 Å². The number of amides is 1. The summed E-state index contributed by atoms with van der Waals surface area (Å²) >= 11 is 0. The number of carbonyl (C=O) groups excluding carboxylic acids is 1. The Labute approximate surface area is 143 Å². The topological polar surface area (TPSA) is 49.3 Å². The van der Waals surface area contributed by atoms with Gasteiger partial charge in [0.2, 0.25) is 11.9 Å². The van der Waals surface area contributed by atoms with Crippen molar-refractivity contribution < 1.29 is 18.0 Å². The van der Waals surface area contributed by atoms with Gasteiger partial charge in [-0.1, -0.05) is 30.3 Å². The minimum Gasteiger partial charge on any atom is -0.339 e. The van der Waals surface area contributed by atoms with E-state index in [1.807, 2.05) is 30.3 Å². The summed E-state index contributed by atoms with van der Waals surface area (Å²) in [5.74, 6) is 0.294. The normalized spacial score (nSPS) is 15.3. The Morgan fingerprint density at radius 1 is 1.00 bits per heavy atom. The van der Waals surface area contributed by atoms with Crippen molar-refractivity contribution in [2.24, 2.45) is 0 Å². The first-order valence-electron chi connectivity index (χ1n) is 7.89. The van der Waals surface area contributed by atoms with Crippen LogP contribution in [0.4, 0.5) is 19.1 Å².